The molecule has 3 aliphatic rings. The molecule has 10 amide bonds. The lowest BCUT2D eigenvalue weighted by molar-refractivity contribution is -0.167. The van der Waals surface area contributed by atoms with E-state index in [0.29, 0.717) is 42.1 Å². The van der Waals surface area contributed by atoms with Crippen molar-refractivity contribution in [3.05, 3.63) is 59.9 Å². The van der Waals surface area contributed by atoms with Crippen molar-refractivity contribution in [2.45, 2.75) is 114 Å². The SMILES string of the molecule is COc1ccc2nc(C(=O)N[C@H]3COC(=O)[C@@H](C(C)(C)O)N(C)C(=O)CN(C)C(=O)CNC(=O)[C@H]4[C@H](OC(C)=O)CC=NN4C(=O)[C@H](NC(=O)c4nc5ccc(OC)cc5cc4O)COC(=O)[C@@H](C(C)(C)O)N(C)C(=O)CN(C)C(=O)CNC(=O)[C@@H]4[C@@H](OC(C)=O)CC=NN4C3=O)c(O)cc2c1. The largest absolute Gasteiger partial charge is 0.505 e. The maximum atomic E-state index is 15.1. The number of esters is 4. The molecule has 0 unspecified atom stereocenters. The van der Waals surface area contributed by atoms with Crippen LogP contribution in [0.25, 0.3) is 21.8 Å². The number of hydrazone groups is 2. The topological polar surface area (TPSA) is 493 Å². The first kappa shape index (κ1) is 77.6. The van der Waals surface area contributed by atoms with Crippen molar-refractivity contribution < 1.29 is 116 Å². The number of aromatic hydroxyl groups is 2. The number of rotatable bonds is 10. The molecule has 2 aromatic heterocycles. The van der Waals surface area contributed by atoms with Gasteiger partial charge in [0.25, 0.3) is 23.6 Å². The number of nitrogens with zero attached hydrogens (tertiary/aromatic N) is 10. The van der Waals surface area contributed by atoms with Gasteiger partial charge in [0.05, 0.1) is 62.6 Å². The van der Waals surface area contributed by atoms with Crippen molar-refractivity contribution in [2.75, 3.05) is 81.8 Å². The van der Waals surface area contributed by atoms with E-state index in [1.807, 2.05) is 0 Å². The van der Waals surface area contributed by atoms with Crippen LogP contribution in [0.15, 0.2) is 58.7 Å². The molecule has 2 aromatic carbocycles. The number of cyclic esters (lactones) is 2. The maximum absolute atomic E-state index is 15.1. The number of aromatic nitrogens is 2. The second-order valence-corrected chi connectivity index (χ2v) is 24.8. The number of aliphatic hydroxyl groups is 2. The Hall–Kier alpha value is -11.7. The fourth-order valence-corrected chi connectivity index (χ4v) is 11.0. The van der Waals surface area contributed by atoms with E-state index in [-0.39, 0.29) is 23.9 Å². The minimum Gasteiger partial charge on any atom is -0.505 e. The lowest BCUT2D eigenvalue weighted by Crippen LogP contribution is -2.62. The zero-order chi connectivity index (χ0) is 75.6. The minimum absolute atomic E-state index is 0.137. The average molecular weight is 1430 g/mol. The minimum atomic E-state index is -2.25. The first-order chi connectivity index (χ1) is 47.8. The van der Waals surface area contributed by atoms with Gasteiger partial charge in [-0.05, 0) is 76.2 Å². The van der Waals surface area contributed by atoms with Crippen LogP contribution in [-0.4, -0.2) is 297 Å². The Balaban J connectivity index is 1.27. The lowest BCUT2D eigenvalue weighted by atomic mass is 9.97. The van der Waals surface area contributed by atoms with Crippen LogP contribution in [0.5, 0.6) is 23.0 Å². The predicted octanol–water partition coefficient (Wildman–Crippen LogP) is -3.41. The van der Waals surface area contributed by atoms with E-state index >= 15 is 9.59 Å². The highest BCUT2D eigenvalue weighted by atomic mass is 16.6. The summed E-state index contributed by atoms with van der Waals surface area (Å²) in [6, 6.07) is -1.30. The summed E-state index contributed by atoms with van der Waals surface area (Å²) in [6.45, 7) is 0.0139. The highest BCUT2D eigenvalue weighted by molar-refractivity contribution is 6.04. The van der Waals surface area contributed by atoms with Crippen LogP contribution in [-0.2, 0) is 76.5 Å². The van der Waals surface area contributed by atoms with E-state index < -0.39 is 205 Å². The number of fused-ring (bicyclic) bond motifs is 4. The Morgan fingerprint density at radius 1 is 0.549 bits per heavy atom. The molecule has 0 bridgehead atoms. The van der Waals surface area contributed by atoms with Crippen molar-refractivity contribution in [1.29, 1.82) is 0 Å². The molecule has 5 heterocycles. The molecule has 0 spiro atoms. The van der Waals surface area contributed by atoms with Gasteiger partial charge in [-0.25, -0.2) is 29.6 Å². The van der Waals surface area contributed by atoms with Crippen molar-refractivity contribution >= 4 is 117 Å². The Labute approximate surface area is 581 Å². The number of hydrogen-bond acceptors (Lipinski definition) is 28. The third-order valence-corrected chi connectivity index (χ3v) is 16.1. The second-order valence-electron chi connectivity index (χ2n) is 24.8. The average Bonchev–Trinajstić information content (AvgIpc) is 0.825. The van der Waals surface area contributed by atoms with Gasteiger partial charge in [0, 0.05) is 78.1 Å². The van der Waals surface area contributed by atoms with E-state index in [1.165, 1.54) is 50.6 Å². The molecule has 0 saturated carbocycles. The third kappa shape index (κ3) is 18.6. The van der Waals surface area contributed by atoms with E-state index in [4.69, 9.17) is 28.4 Å². The van der Waals surface area contributed by atoms with Crippen LogP contribution in [0.3, 0.4) is 0 Å². The molecule has 8 N–H and O–H groups in total. The monoisotopic (exact) mass is 1430 g/mol. The van der Waals surface area contributed by atoms with Gasteiger partial charge in [-0.1, -0.05) is 0 Å². The normalized spacial score (nSPS) is 22.6. The number of ether oxygens (including phenoxy) is 6. The predicted molar refractivity (Wildman–Crippen MR) is 350 cm³/mol. The molecular formula is C64H78N14O24. The third-order valence-electron chi connectivity index (χ3n) is 16.1. The molecule has 548 valence electrons. The van der Waals surface area contributed by atoms with Crippen LogP contribution in [0.1, 0.15) is 75.4 Å². The van der Waals surface area contributed by atoms with Crippen molar-refractivity contribution in [1.82, 2.24) is 60.9 Å². The zero-order valence-electron chi connectivity index (χ0n) is 57.5. The molecule has 0 radical (unpaired) electrons. The second kappa shape index (κ2) is 32.5. The number of carbonyl (C=O) groups is 14. The number of methoxy groups -OCH3 is 2. The summed E-state index contributed by atoms with van der Waals surface area (Å²) in [6.07, 6.45) is -1.81. The first-order valence-electron chi connectivity index (χ1n) is 31.2. The summed E-state index contributed by atoms with van der Waals surface area (Å²) in [4.78, 5) is 209. The highest BCUT2D eigenvalue weighted by Gasteiger charge is 2.48. The van der Waals surface area contributed by atoms with Crippen LogP contribution in [0, 0.1) is 0 Å². The summed E-state index contributed by atoms with van der Waals surface area (Å²) in [5.41, 5.74) is -5.60. The molecule has 3 aliphatic heterocycles. The van der Waals surface area contributed by atoms with E-state index in [0.717, 1.165) is 104 Å². The summed E-state index contributed by atoms with van der Waals surface area (Å²) in [5.74, 6) is -17.8. The Bertz CT molecular complexity index is 3800. The summed E-state index contributed by atoms with van der Waals surface area (Å²) in [5, 5.41) is 64.1. The summed E-state index contributed by atoms with van der Waals surface area (Å²) in [7, 11) is 7.00. The van der Waals surface area contributed by atoms with Crippen LogP contribution >= 0.6 is 0 Å². The van der Waals surface area contributed by atoms with Crippen molar-refractivity contribution in [2.24, 2.45) is 10.2 Å². The van der Waals surface area contributed by atoms with Crippen molar-refractivity contribution in [3.63, 3.8) is 0 Å². The maximum Gasteiger partial charge on any atom is 0.331 e. The summed E-state index contributed by atoms with van der Waals surface area (Å²) < 4.78 is 32.6. The number of likely N-dealkylation sites (N-methyl/N-ethyl adjacent to an activating group) is 4. The molecule has 7 rings (SSSR count). The Morgan fingerprint density at radius 2 is 0.902 bits per heavy atom. The highest BCUT2D eigenvalue weighted by Crippen LogP contribution is 2.30. The molecule has 38 heteroatoms. The van der Waals surface area contributed by atoms with Gasteiger partial charge in [-0.3, -0.25) is 57.5 Å². The fourth-order valence-electron chi connectivity index (χ4n) is 11.0. The van der Waals surface area contributed by atoms with Crippen molar-refractivity contribution in [3.8, 4) is 23.0 Å². The van der Waals surface area contributed by atoms with E-state index in [9.17, 15) is 78.0 Å². The molecule has 1 fully saturated rings. The molecular weight excluding hydrogens is 1350 g/mol. The van der Waals surface area contributed by atoms with Gasteiger partial charge >= 0.3 is 23.9 Å². The smallest absolute Gasteiger partial charge is 0.331 e. The molecule has 0 aliphatic carbocycles. The van der Waals surface area contributed by atoms with Gasteiger partial charge in [-0.15, -0.1) is 0 Å². The van der Waals surface area contributed by atoms with E-state index in [1.54, 1.807) is 0 Å². The Morgan fingerprint density at radius 3 is 1.23 bits per heavy atom. The van der Waals surface area contributed by atoms with E-state index in [2.05, 4.69) is 41.4 Å². The number of pyridine rings is 2. The first-order valence-corrected chi connectivity index (χ1v) is 31.2. The quantitative estimate of drug-likeness (QED) is 0.0566. The van der Waals surface area contributed by atoms with Crippen LogP contribution in [0.2, 0.25) is 0 Å². The molecule has 4 aromatic rings. The standard InChI is InChI=1S/C64H78N14O24/c1-31(79)101-43-17-19-67-77-51(43)57(89)65-25-45(83)73(7)27-47(85)75(9)54(64(5,6)96)62(94)100-30-40(72-56(88)50-42(82)24-34-22-36(98-12)14-16-38(34)70-50)60(92)78-52(44(18-20-68-78)102-32(2)80)58(90)66-26-46(84)74(8)28-48(86)76(10)53(63(3,4)95)61(93)99-29-39(59(77)91)71-55(87)49-41(81)23-33-21-35(97-11)13-15-37(33)69-49/h13-16,19-24,39-40,43-44,51-54,81-82,95-96H,17-18,25-30H2,1-12H3,(H,65,89)(H,66,90)(H,71,87)(H,72,88)/t39-,40+,43-,44+,51-,52+,53-,54-/m0/s1. The number of nitrogens with one attached hydrogen (secondary N) is 4. The number of carbonyl (C=O) groups excluding carboxylic acids is 14. The lowest BCUT2D eigenvalue weighted by Gasteiger charge is -2.37. The zero-order valence-corrected chi connectivity index (χ0v) is 57.5. The van der Waals surface area contributed by atoms with Crippen LogP contribution in [0.4, 0.5) is 0 Å². The van der Waals surface area contributed by atoms with Gasteiger partial charge < -0.3 is 89.7 Å². The summed E-state index contributed by atoms with van der Waals surface area (Å²) >= 11 is 0. The molecule has 8 atom stereocenters. The number of hydrogen-bond donors (Lipinski definition) is 8. The van der Waals surface area contributed by atoms with Gasteiger partial charge in [0.1, 0.15) is 60.5 Å². The fraction of sp³-hybridized carbons (Fsp3) is 0.469. The number of benzene rings is 2. The Kier molecular flexibility index (Phi) is 24.8. The van der Waals surface area contributed by atoms with Gasteiger partial charge in [-0.2, -0.15) is 10.2 Å². The molecule has 102 heavy (non-hydrogen) atoms. The number of amides is 10. The van der Waals surface area contributed by atoms with Gasteiger partial charge in [0.15, 0.2) is 35.6 Å². The van der Waals surface area contributed by atoms with Crippen LogP contribution < -0.4 is 30.7 Å². The van der Waals surface area contributed by atoms with Gasteiger partial charge in [0.2, 0.25) is 35.4 Å². The molecule has 38 nitrogen and oxygen atoms in total. The molecule has 1 saturated heterocycles.